The lowest BCUT2D eigenvalue weighted by atomic mass is 9.82. The Kier molecular flexibility index (Phi) is 14.1. The number of carbonyl (C=O) groups is 2. The number of carbonyl (C=O) groups excluding carboxylic acids is 2. The molecular weight excluding hydrogens is 676 g/mol. The zero-order valence-corrected chi connectivity index (χ0v) is 29.7. The van der Waals surface area contributed by atoms with Crippen LogP contribution in [0.3, 0.4) is 0 Å². The van der Waals surface area contributed by atoms with Gasteiger partial charge in [0, 0.05) is 56.6 Å². The summed E-state index contributed by atoms with van der Waals surface area (Å²) in [5.41, 5.74) is 9.28. The fraction of sp³-hybridized carbons (Fsp3) is 0.514. The van der Waals surface area contributed by atoms with E-state index in [1.54, 1.807) is 31.4 Å². The van der Waals surface area contributed by atoms with Crippen LogP contribution in [0.5, 0.6) is 0 Å². The van der Waals surface area contributed by atoms with Gasteiger partial charge in [-0.15, -0.1) is 0 Å². The predicted octanol–water partition coefficient (Wildman–Crippen LogP) is 4.15. The van der Waals surface area contributed by atoms with Gasteiger partial charge in [0.15, 0.2) is 0 Å². The first kappa shape index (κ1) is 38.8. The SMILES string of the molecule is COCCOCCOCCOCCC(=O)N1CCCC(C2CN=C(c3ccc(C(=O)Nc4cc(C(C)(F)F)ccn4)cc3)c3c(N)ncnc3C2)C1. The normalized spacial score (nSPS) is 17.6. The Morgan fingerprint density at radius 3 is 2.38 bits per heavy atom. The topological polar surface area (TPSA) is 163 Å². The fourth-order valence-electron chi connectivity index (χ4n) is 6.37. The molecule has 13 nitrogen and oxygen atoms in total. The van der Waals surface area contributed by atoms with Crippen LogP contribution in [0.1, 0.15) is 58.9 Å². The minimum Gasteiger partial charge on any atom is -0.383 e. The Bertz CT molecular complexity index is 1670. The van der Waals surface area contributed by atoms with E-state index >= 15 is 0 Å². The molecule has 2 aromatic heterocycles. The molecular formula is C37H47F2N7O6. The molecule has 2 aliphatic heterocycles. The number of nitrogens with one attached hydrogen (secondary N) is 1. The maximum absolute atomic E-state index is 13.8. The van der Waals surface area contributed by atoms with Gasteiger partial charge in [-0.05, 0) is 55.4 Å². The number of nitrogens with two attached hydrogens (primary N) is 1. The highest BCUT2D eigenvalue weighted by atomic mass is 19.3. The van der Waals surface area contributed by atoms with E-state index in [9.17, 15) is 18.4 Å². The molecule has 0 saturated carbocycles. The van der Waals surface area contributed by atoms with Crippen LogP contribution < -0.4 is 11.1 Å². The Morgan fingerprint density at radius 2 is 1.67 bits per heavy atom. The van der Waals surface area contributed by atoms with Crippen molar-refractivity contribution in [2.45, 2.75) is 38.5 Å². The average Bonchev–Trinajstić information content (AvgIpc) is 3.34. The molecule has 0 aliphatic carbocycles. The Morgan fingerprint density at radius 1 is 0.962 bits per heavy atom. The molecule has 5 rings (SSSR count). The van der Waals surface area contributed by atoms with Crippen molar-refractivity contribution in [1.29, 1.82) is 0 Å². The van der Waals surface area contributed by atoms with Gasteiger partial charge in [-0.25, -0.2) is 23.7 Å². The van der Waals surface area contributed by atoms with Gasteiger partial charge in [0.1, 0.15) is 18.0 Å². The summed E-state index contributed by atoms with van der Waals surface area (Å²) in [5.74, 6) is -2.81. The summed E-state index contributed by atoms with van der Waals surface area (Å²) in [6, 6.07) is 9.17. The fourth-order valence-corrected chi connectivity index (χ4v) is 6.37. The highest BCUT2D eigenvalue weighted by Gasteiger charge is 2.33. The third-order valence-corrected chi connectivity index (χ3v) is 9.17. The van der Waals surface area contributed by atoms with E-state index in [4.69, 9.17) is 29.7 Å². The van der Waals surface area contributed by atoms with Crippen LogP contribution in [0.4, 0.5) is 20.4 Å². The molecule has 280 valence electrons. The number of hydrogen-bond donors (Lipinski definition) is 2. The zero-order valence-electron chi connectivity index (χ0n) is 29.7. The van der Waals surface area contributed by atoms with Crippen LogP contribution in [0.25, 0.3) is 0 Å². The molecule has 0 radical (unpaired) electrons. The summed E-state index contributed by atoms with van der Waals surface area (Å²) in [5, 5.41) is 2.59. The van der Waals surface area contributed by atoms with Crippen molar-refractivity contribution in [3.05, 3.63) is 76.9 Å². The van der Waals surface area contributed by atoms with Crippen molar-refractivity contribution in [2.24, 2.45) is 16.8 Å². The van der Waals surface area contributed by atoms with Gasteiger partial charge in [-0.1, -0.05) is 12.1 Å². The van der Waals surface area contributed by atoms with E-state index in [1.165, 1.54) is 18.6 Å². The first-order valence-electron chi connectivity index (χ1n) is 17.5. The molecule has 0 bridgehead atoms. The second-order valence-electron chi connectivity index (χ2n) is 12.9. The van der Waals surface area contributed by atoms with Crippen LogP contribution in [0.2, 0.25) is 0 Å². The van der Waals surface area contributed by atoms with Crippen molar-refractivity contribution in [2.75, 3.05) is 84.0 Å². The number of halogens is 2. The van der Waals surface area contributed by atoms with Gasteiger partial charge in [0.2, 0.25) is 5.91 Å². The van der Waals surface area contributed by atoms with Crippen LogP contribution >= 0.6 is 0 Å². The summed E-state index contributed by atoms with van der Waals surface area (Å²) < 4.78 is 49.0. The van der Waals surface area contributed by atoms with Gasteiger partial charge in [-0.3, -0.25) is 14.6 Å². The minimum absolute atomic E-state index is 0.0277. The number of fused-ring (bicyclic) bond motifs is 1. The van der Waals surface area contributed by atoms with E-state index < -0.39 is 11.8 Å². The first-order valence-corrected chi connectivity index (χ1v) is 17.5. The van der Waals surface area contributed by atoms with Crippen LogP contribution in [-0.2, 0) is 36.1 Å². The Hall–Kier alpha value is -4.44. The molecule has 2 amide bonds. The van der Waals surface area contributed by atoms with E-state index in [1.807, 2.05) is 4.90 Å². The molecule has 3 aromatic rings. The maximum Gasteiger partial charge on any atom is 0.270 e. The third kappa shape index (κ3) is 10.8. The van der Waals surface area contributed by atoms with E-state index in [-0.39, 0.29) is 29.1 Å². The molecule has 1 saturated heterocycles. The number of piperidine rings is 1. The molecule has 3 N–H and O–H groups in total. The number of aliphatic imine (C=N–C) groups is 1. The number of amides is 2. The number of alkyl halides is 2. The number of nitrogens with zero attached hydrogens (tertiary/aromatic N) is 5. The van der Waals surface area contributed by atoms with E-state index in [0.717, 1.165) is 37.1 Å². The smallest absolute Gasteiger partial charge is 0.270 e. The minimum atomic E-state index is -3.06. The van der Waals surface area contributed by atoms with Gasteiger partial charge in [0.25, 0.3) is 11.8 Å². The van der Waals surface area contributed by atoms with Crippen molar-refractivity contribution >= 4 is 29.2 Å². The second kappa shape index (κ2) is 18.9. The number of rotatable bonds is 17. The van der Waals surface area contributed by atoms with Crippen molar-refractivity contribution in [3.8, 4) is 0 Å². The molecule has 2 atom stereocenters. The molecule has 2 aliphatic rings. The highest BCUT2D eigenvalue weighted by molar-refractivity contribution is 6.16. The van der Waals surface area contributed by atoms with Gasteiger partial charge in [-0.2, -0.15) is 0 Å². The van der Waals surface area contributed by atoms with Gasteiger partial charge >= 0.3 is 0 Å². The molecule has 15 heteroatoms. The Labute approximate surface area is 302 Å². The predicted molar refractivity (Wildman–Crippen MR) is 191 cm³/mol. The number of anilines is 2. The zero-order chi connectivity index (χ0) is 36.9. The lowest BCUT2D eigenvalue weighted by Gasteiger charge is -2.36. The quantitative estimate of drug-likeness (QED) is 0.194. The standard InChI is InChI=1S/C37H47F2N7O6/c1-37(38,39)29-9-11-41-31(21-29)45-36(48)26-7-5-25(6-8-26)34-33-30(43-24-44-35(33)40)20-28(22-42-34)27-4-3-12-46(23-27)32(47)10-13-50-16-17-52-19-18-51-15-14-49-2/h5-9,11,21,24,27-28H,3-4,10,12-20,22-23H2,1-2H3,(H2,40,43,44)(H,41,45,48). The van der Waals surface area contributed by atoms with Crippen molar-refractivity contribution < 1.29 is 37.3 Å². The number of ether oxygens (including phenoxy) is 4. The van der Waals surface area contributed by atoms with E-state index in [2.05, 4.69) is 20.3 Å². The van der Waals surface area contributed by atoms with Crippen LogP contribution in [-0.4, -0.2) is 110 Å². The van der Waals surface area contributed by atoms with Crippen LogP contribution in [0.15, 0.2) is 53.9 Å². The lowest BCUT2D eigenvalue weighted by Crippen LogP contribution is -2.43. The number of pyridine rings is 1. The lowest BCUT2D eigenvalue weighted by molar-refractivity contribution is -0.134. The number of methoxy groups -OCH3 is 1. The number of nitrogen functional groups attached to an aromatic ring is 1. The number of likely N-dealkylation sites (tertiary alicyclic amines) is 1. The maximum atomic E-state index is 13.8. The number of aromatic nitrogens is 3. The molecule has 1 aromatic carbocycles. The van der Waals surface area contributed by atoms with E-state index in [0.29, 0.717) is 101 Å². The summed E-state index contributed by atoms with van der Waals surface area (Å²) in [7, 11) is 1.63. The monoisotopic (exact) mass is 723 g/mol. The molecule has 0 spiro atoms. The van der Waals surface area contributed by atoms with Gasteiger partial charge < -0.3 is 34.9 Å². The Balaban J connectivity index is 1.17. The molecule has 52 heavy (non-hydrogen) atoms. The third-order valence-electron chi connectivity index (χ3n) is 9.17. The van der Waals surface area contributed by atoms with Crippen LogP contribution in [0, 0.1) is 11.8 Å². The highest BCUT2D eigenvalue weighted by Crippen LogP contribution is 2.32. The number of hydrogen-bond acceptors (Lipinski definition) is 11. The first-order chi connectivity index (χ1) is 25.1. The molecule has 4 heterocycles. The molecule has 1 fully saturated rings. The number of benzene rings is 1. The summed E-state index contributed by atoms with van der Waals surface area (Å²) in [4.78, 5) is 45.9. The average molecular weight is 724 g/mol. The summed E-state index contributed by atoms with van der Waals surface area (Å²) in [6.45, 7) is 5.86. The second-order valence-corrected chi connectivity index (χ2v) is 12.9. The summed E-state index contributed by atoms with van der Waals surface area (Å²) in [6.07, 6.45) is 5.49. The summed E-state index contributed by atoms with van der Waals surface area (Å²) >= 11 is 0. The van der Waals surface area contributed by atoms with Crippen molar-refractivity contribution in [1.82, 2.24) is 19.9 Å². The van der Waals surface area contributed by atoms with Crippen molar-refractivity contribution in [3.63, 3.8) is 0 Å². The van der Waals surface area contributed by atoms with Gasteiger partial charge in [0.05, 0.1) is 69.6 Å². The largest absolute Gasteiger partial charge is 0.383 e. The molecule has 2 unspecified atom stereocenters.